The molecule has 0 unspecified atom stereocenters. The van der Waals surface area contributed by atoms with E-state index in [1.165, 1.54) is 18.2 Å². The van der Waals surface area contributed by atoms with Gasteiger partial charge >= 0.3 is 6.03 Å². The fraction of sp³-hybridized carbons (Fsp3) is 0.500. The maximum Gasteiger partial charge on any atom is 0.325 e. The average Bonchev–Trinajstić information content (AvgIpc) is 2.75. The zero-order chi connectivity index (χ0) is 18.6. The van der Waals surface area contributed by atoms with Gasteiger partial charge in [0.2, 0.25) is 5.91 Å². The summed E-state index contributed by atoms with van der Waals surface area (Å²) in [4.78, 5) is 38.1. The summed E-state index contributed by atoms with van der Waals surface area (Å²) in [7, 11) is 0. The molecule has 1 heterocycles. The lowest BCUT2D eigenvalue weighted by molar-refractivity contribution is -0.134. The minimum atomic E-state index is -0.910. The third-order valence-electron chi connectivity index (χ3n) is 4.36. The van der Waals surface area contributed by atoms with E-state index in [4.69, 9.17) is 0 Å². The van der Waals surface area contributed by atoms with Gasteiger partial charge in [-0.2, -0.15) is 0 Å². The van der Waals surface area contributed by atoms with Crippen LogP contribution in [0.25, 0.3) is 0 Å². The summed E-state index contributed by atoms with van der Waals surface area (Å²) in [6.07, 6.45) is 2.59. The molecule has 136 valence electrons. The molecule has 1 saturated heterocycles. The molecule has 2 N–H and O–H groups in total. The lowest BCUT2D eigenvalue weighted by Crippen LogP contribution is -2.47. The third kappa shape index (κ3) is 3.97. The molecule has 0 saturated carbocycles. The highest BCUT2D eigenvalue weighted by Crippen LogP contribution is 2.28. The van der Waals surface area contributed by atoms with Crippen LogP contribution in [0.1, 0.15) is 45.1 Å². The zero-order valence-electron chi connectivity index (χ0n) is 14.8. The summed E-state index contributed by atoms with van der Waals surface area (Å²) >= 11 is 0. The summed E-state index contributed by atoms with van der Waals surface area (Å²) in [5, 5.41) is 5.38. The van der Waals surface area contributed by atoms with Crippen LogP contribution in [0.15, 0.2) is 18.2 Å². The summed E-state index contributed by atoms with van der Waals surface area (Å²) in [6.45, 7) is 5.20. The SMILES string of the molecule is CCCC1(CCC)NC(=O)N(CC(=O)Nc2ccc(F)cc2C)C1=O. The van der Waals surface area contributed by atoms with Crippen molar-refractivity contribution in [1.82, 2.24) is 10.2 Å². The molecule has 0 spiro atoms. The number of rotatable bonds is 7. The van der Waals surface area contributed by atoms with Crippen molar-refractivity contribution in [3.05, 3.63) is 29.6 Å². The first-order valence-electron chi connectivity index (χ1n) is 8.53. The molecule has 1 aliphatic heterocycles. The summed E-state index contributed by atoms with van der Waals surface area (Å²) in [6, 6.07) is 3.45. The predicted octanol–water partition coefficient (Wildman–Crippen LogP) is 2.96. The maximum atomic E-state index is 13.1. The van der Waals surface area contributed by atoms with Gasteiger partial charge in [-0.25, -0.2) is 9.18 Å². The molecule has 1 aromatic rings. The average molecular weight is 349 g/mol. The fourth-order valence-corrected chi connectivity index (χ4v) is 3.24. The van der Waals surface area contributed by atoms with Crippen molar-refractivity contribution in [2.45, 2.75) is 52.0 Å². The van der Waals surface area contributed by atoms with E-state index in [1.807, 2.05) is 13.8 Å². The second-order valence-electron chi connectivity index (χ2n) is 6.41. The normalized spacial score (nSPS) is 16.1. The highest BCUT2D eigenvalue weighted by Gasteiger charge is 2.50. The standard InChI is InChI=1S/C18H24FN3O3/c1-4-8-18(9-5-2)16(24)22(17(25)21-18)11-15(23)20-14-7-6-13(19)10-12(14)3/h6-7,10H,4-5,8-9,11H2,1-3H3,(H,20,23)(H,21,25). The molecule has 1 aromatic carbocycles. The minimum Gasteiger partial charge on any atom is -0.324 e. The van der Waals surface area contributed by atoms with Gasteiger partial charge in [-0.05, 0) is 43.5 Å². The van der Waals surface area contributed by atoms with E-state index in [2.05, 4.69) is 10.6 Å². The molecule has 0 aliphatic carbocycles. The number of benzene rings is 1. The van der Waals surface area contributed by atoms with Gasteiger partial charge in [0, 0.05) is 5.69 Å². The molecule has 7 heteroatoms. The zero-order valence-corrected chi connectivity index (χ0v) is 14.8. The van der Waals surface area contributed by atoms with Gasteiger partial charge in [0.25, 0.3) is 5.91 Å². The highest BCUT2D eigenvalue weighted by molar-refractivity contribution is 6.10. The first kappa shape index (κ1) is 18.9. The van der Waals surface area contributed by atoms with E-state index in [1.54, 1.807) is 6.92 Å². The lowest BCUT2D eigenvalue weighted by Gasteiger charge is -2.25. The highest BCUT2D eigenvalue weighted by atomic mass is 19.1. The second-order valence-corrected chi connectivity index (χ2v) is 6.41. The van der Waals surface area contributed by atoms with Crippen LogP contribution in [0.3, 0.4) is 0 Å². The molecule has 1 aliphatic rings. The minimum absolute atomic E-state index is 0.354. The van der Waals surface area contributed by atoms with E-state index in [9.17, 15) is 18.8 Å². The van der Waals surface area contributed by atoms with Crippen molar-refractivity contribution in [1.29, 1.82) is 0 Å². The van der Waals surface area contributed by atoms with Crippen LogP contribution in [0.5, 0.6) is 0 Å². The number of hydrogen-bond donors (Lipinski definition) is 2. The molecular formula is C18H24FN3O3. The number of halogens is 1. The van der Waals surface area contributed by atoms with Gasteiger partial charge in [-0.15, -0.1) is 0 Å². The van der Waals surface area contributed by atoms with Crippen molar-refractivity contribution in [3.8, 4) is 0 Å². The topological polar surface area (TPSA) is 78.5 Å². The molecular weight excluding hydrogens is 325 g/mol. The Morgan fingerprint density at radius 3 is 2.44 bits per heavy atom. The van der Waals surface area contributed by atoms with Gasteiger partial charge < -0.3 is 10.6 Å². The Labute approximate surface area is 146 Å². The fourth-order valence-electron chi connectivity index (χ4n) is 3.24. The van der Waals surface area contributed by atoms with E-state index < -0.39 is 23.3 Å². The van der Waals surface area contributed by atoms with Crippen molar-refractivity contribution >= 4 is 23.5 Å². The first-order chi connectivity index (χ1) is 11.8. The third-order valence-corrected chi connectivity index (χ3v) is 4.36. The molecule has 6 nitrogen and oxygen atoms in total. The molecule has 0 aromatic heterocycles. The number of imide groups is 1. The molecule has 0 atom stereocenters. The molecule has 1 fully saturated rings. The van der Waals surface area contributed by atoms with Crippen LogP contribution < -0.4 is 10.6 Å². The van der Waals surface area contributed by atoms with Crippen LogP contribution in [0.2, 0.25) is 0 Å². The Morgan fingerprint density at radius 1 is 1.24 bits per heavy atom. The van der Waals surface area contributed by atoms with Crippen LogP contribution in [-0.4, -0.2) is 34.8 Å². The van der Waals surface area contributed by atoms with Gasteiger partial charge in [0.15, 0.2) is 0 Å². The van der Waals surface area contributed by atoms with Crippen LogP contribution in [-0.2, 0) is 9.59 Å². The molecule has 2 rings (SSSR count). The quantitative estimate of drug-likeness (QED) is 0.743. The summed E-state index contributed by atoms with van der Waals surface area (Å²) < 4.78 is 13.1. The monoisotopic (exact) mass is 349 g/mol. The van der Waals surface area contributed by atoms with Crippen molar-refractivity contribution < 1.29 is 18.8 Å². The number of nitrogens with zero attached hydrogens (tertiary/aromatic N) is 1. The van der Waals surface area contributed by atoms with E-state index >= 15 is 0 Å². The van der Waals surface area contributed by atoms with Crippen LogP contribution in [0, 0.1) is 12.7 Å². The van der Waals surface area contributed by atoms with Crippen molar-refractivity contribution in [2.75, 3.05) is 11.9 Å². The van der Waals surface area contributed by atoms with Gasteiger partial charge in [-0.1, -0.05) is 26.7 Å². The molecule has 4 amide bonds. The Balaban J connectivity index is 2.09. The van der Waals surface area contributed by atoms with E-state index in [0.29, 0.717) is 24.1 Å². The van der Waals surface area contributed by atoms with Gasteiger partial charge in [-0.3, -0.25) is 14.5 Å². The molecule has 25 heavy (non-hydrogen) atoms. The Morgan fingerprint density at radius 2 is 1.88 bits per heavy atom. The largest absolute Gasteiger partial charge is 0.325 e. The number of hydrogen-bond acceptors (Lipinski definition) is 3. The van der Waals surface area contributed by atoms with E-state index in [0.717, 1.165) is 17.7 Å². The number of carbonyl (C=O) groups is 3. The summed E-state index contributed by atoms with van der Waals surface area (Å²) in [5.41, 5.74) is 0.107. The smallest absolute Gasteiger partial charge is 0.324 e. The number of anilines is 1. The lowest BCUT2D eigenvalue weighted by atomic mass is 9.88. The maximum absolute atomic E-state index is 13.1. The van der Waals surface area contributed by atoms with Gasteiger partial charge in [0.1, 0.15) is 17.9 Å². The van der Waals surface area contributed by atoms with Crippen molar-refractivity contribution in [2.24, 2.45) is 0 Å². The number of nitrogens with one attached hydrogen (secondary N) is 2. The van der Waals surface area contributed by atoms with Gasteiger partial charge in [0.05, 0.1) is 0 Å². The Bertz CT molecular complexity index is 684. The van der Waals surface area contributed by atoms with Crippen LogP contribution in [0.4, 0.5) is 14.9 Å². The van der Waals surface area contributed by atoms with Crippen molar-refractivity contribution in [3.63, 3.8) is 0 Å². The first-order valence-corrected chi connectivity index (χ1v) is 8.53. The number of carbonyl (C=O) groups excluding carboxylic acids is 3. The predicted molar refractivity (Wildman–Crippen MR) is 92.6 cm³/mol. The number of amides is 4. The number of urea groups is 1. The Hall–Kier alpha value is -2.44. The van der Waals surface area contributed by atoms with E-state index in [-0.39, 0.29) is 12.5 Å². The summed E-state index contributed by atoms with van der Waals surface area (Å²) in [5.74, 6) is -1.25. The molecule has 0 bridgehead atoms. The Kier molecular flexibility index (Phi) is 5.77. The van der Waals surface area contributed by atoms with Crippen LogP contribution >= 0.6 is 0 Å². The second kappa shape index (κ2) is 7.63. The number of aryl methyl sites for hydroxylation is 1. The molecule has 0 radical (unpaired) electrons.